The number of nitrogens with zero attached hydrogens (tertiary/aromatic N) is 1. The van der Waals surface area contributed by atoms with Crippen LogP contribution in [0.15, 0.2) is 24.3 Å². The van der Waals surface area contributed by atoms with Crippen LogP contribution in [0.4, 0.5) is 5.69 Å². The Labute approximate surface area is 161 Å². The number of benzene rings is 1. The van der Waals surface area contributed by atoms with E-state index in [4.69, 9.17) is 0 Å². The highest BCUT2D eigenvalue weighted by Crippen LogP contribution is 2.39. The second-order valence-electron chi connectivity index (χ2n) is 7.89. The molecule has 5 nitrogen and oxygen atoms in total. The van der Waals surface area contributed by atoms with Gasteiger partial charge in [0.1, 0.15) is 0 Å². The second kappa shape index (κ2) is 7.97. The fourth-order valence-electron chi connectivity index (χ4n) is 4.14. The zero-order valence-corrected chi connectivity index (χ0v) is 15.9. The van der Waals surface area contributed by atoms with E-state index in [9.17, 15) is 9.59 Å². The van der Waals surface area contributed by atoms with E-state index in [-0.39, 0.29) is 30.1 Å². The van der Waals surface area contributed by atoms with Crippen LogP contribution in [0.3, 0.4) is 0 Å². The average Bonchev–Trinajstić information content (AvgIpc) is 3.48. The summed E-state index contributed by atoms with van der Waals surface area (Å²) in [6, 6.07) is 7.38. The number of halogens is 1. The van der Waals surface area contributed by atoms with Crippen molar-refractivity contribution in [3.05, 3.63) is 29.8 Å². The Kier molecular flexibility index (Phi) is 5.88. The highest BCUT2D eigenvalue weighted by Gasteiger charge is 2.37. The van der Waals surface area contributed by atoms with Crippen LogP contribution in [0.5, 0.6) is 0 Å². The van der Waals surface area contributed by atoms with Crippen molar-refractivity contribution in [2.45, 2.75) is 38.5 Å². The van der Waals surface area contributed by atoms with Crippen molar-refractivity contribution in [2.75, 3.05) is 31.5 Å². The normalized spacial score (nSPS) is 21.8. The van der Waals surface area contributed by atoms with E-state index in [1.807, 2.05) is 29.2 Å². The first kappa shape index (κ1) is 19.2. The third-order valence-corrected chi connectivity index (χ3v) is 6.10. The molecule has 1 aromatic carbocycles. The minimum atomic E-state index is 0. The smallest absolute Gasteiger partial charge is 0.253 e. The Morgan fingerprint density at radius 3 is 2.42 bits per heavy atom. The predicted molar refractivity (Wildman–Crippen MR) is 105 cm³/mol. The molecular formula is C20H28ClN3O2. The van der Waals surface area contributed by atoms with E-state index < -0.39 is 0 Å². The van der Waals surface area contributed by atoms with Gasteiger partial charge in [0.25, 0.3) is 5.91 Å². The lowest BCUT2D eigenvalue weighted by molar-refractivity contribution is -0.117. The van der Waals surface area contributed by atoms with Crippen molar-refractivity contribution in [2.24, 2.45) is 11.3 Å². The maximum atomic E-state index is 12.9. The number of rotatable bonds is 3. The SMILES string of the molecule is Cl.O=C(Nc1cccc(C(=O)N2CCC3(CCNCC3)CC2)c1)C1CC1. The lowest BCUT2D eigenvalue weighted by Crippen LogP contribution is -2.47. The standard InChI is InChI=1S/C20H27N3O2.ClH/c24-18(15-4-5-15)22-17-3-1-2-16(14-17)19(25)23-12-8-20(9-13-23)6-10-21-11-7-20;/h1-3,14-15,21H,4-13H2,(H,22,24);1H. The quantitative estimate of drug-likeness (QED) is 0.851. The fraction of sp³-hybridized carbons (Fsp3) is 0.600. The summed E-state index contributed by atoms with van der Waals surface area (Å²) in [5, 5.41) is 6.37. The fourth-order valence-corrected chi connectivity index (χ4v) is 4.14. The molecule has 0 atom stereocenters. The second-order valence-corrected chi connectivity index (χ2v) is 7.89. The van der Waals surface area contributed by atoms with Crippen LogP contribution in [0, 0.1) is 11.3 Å². The molecular weight excluding hydrogens is 350 g/mol. The van der Waals surface area contributed by atoms with Gasteiger partial charge in [-0.2, -0.15) is 0 Å². The minimum Gasteiger partial charge on any atom is -0.339 e. The summed E-state index contributed by atoms with van der Waals surface area (Å²) in [5.41, 5.74) is 1.85. The Bertz CT molecular complexity index is 659. The van der Waals surface area contributed by atoms with Gasteiger partial charge in [0.05, 0.1) is 0 Å². The third-order valence-electron chi connectivity index (χ3n) is 6.10. The largest absolute Gasteiger partial charge is 0.339 e. The first-order chi connectivity index (χ1) is 12.2. The molecule has 1 saturated carbocycles. The van der Waals surface area contributed by atoms with Gasteiger partial charge in [-0.05, 0) is 75.2 Å². The summed E-state index contributed by atoms with van der Waals surface area (Å²) in [6.07, 6.45) is 6.65. The number of hydrogen-bond donors (Lipinski definition) is 2. The summed E-state index contributed by atoms with van der Waals surface area (Å²) in [4.78, 5) is 26.8. The lowest BCUT2D eigenvalue weighted by atomic mass is 9.71. The van der Waals surface area contributed by atoms with Gasteiger partial charge < -0.3 is 15.5 Å². The van der Waals surface area contributed by atoms with E-state index in [1.165, 1.54) is 12.8 Å². The van der Waals surface area contributed by atoms with Gasteiger partial charge in [-0.3, -0.25) is 9.59 Å². The molecule has 0 unspecified atom stereocenters. The van der Waals surface area contributed by atoms with E-state index in [1.54, 1.807) is 0 Å². The molecule has 0 bridgehead atoms. The van der Waals surface area contributed by atoms with Gasteiger partial charge in [0, 0.05) is 30.3 Å². The Balaban J connectivity index is 0.00000196. The van der Waals surface area contributed by atoms with Crippen molar-refractivity contribution < 1.29 is 9.59 Å². The van der Waals surface area contributed by atoms with Crippen LogP contribution in [0.2, 0.25) is 0 Å². The lowest BCUT2D eigenvalue weighted by Gasteiger charge is -2.44. The Morgan fingerprint density at radius 2 is 1.77 bits per heavy atom. The molecule has 1 aromatic rings. The molecule has 142 valence electrons. The van der Waals surface area contributed by atoms with E-state index in [0.29, 0.717) is 11.0 Å². The third kappa shape index (κ3) is 4.21. The Morgan fingerprint density at radius 1 is 1.08 bits per heavy atom. The summed E-state index contributed by atoms with van der Waals surface area (Å²) < 4.78 is 0. The average molecular weight is 378 g/mol. The van der Waals surface area contributed by atoms with Crippen molar-refractivity contribution >= 4 is 29.9 Å². The zero-order chi connectivity index (χ0) is 17.3. The van der Waals surface area contributed by atoms with Crippen LogP contribution < -0.4 is 10.6 Å². The highest BCUT2D eigenvalue weighted by molar-refractivity contribution is 5.98. The number of amides is 2. The maximum absolute atomic E-state index is 12.9. The molecule has 1 spiro atoms. The zero-order valence-electron chi connectivity index (χ0n) is 15.1. The predicted octanol–water partition coefficient (Wildman–Crippen LogP) is 3.06. The number of likely N-dealkylation sites (tertiary alicyclic amines) is 1. The van der Waals surface area contributed by atoms with Gasteiger partial charge in [-0.25, -0.2) is 0 Å². The molecule has 4 rings (SSSR count). The first-order valence-electron chi connectivity index (χ1n) is 9.56. The van der Waals surface area contributed by atoms with Crippen LogP contribution in [0.1, 0.15) is 48.9 Å². The Hall–Kier alpha value is -1.59. The molecule has 6 heteroatoms. The molecule has 26 heavy (non-hydrogen) atoms. The van der Waals surface area contributed by atoms with Crippen molar-refractivity contribution in [1.29, 1.82) is 0 Å². The van der Waals surface area contributed by atoms with E-state index in [0.717, 1.165) is 57.5 Å². The van der Waals surface area contributed by atoms with Gasteiger partial charge in [0.15, 0.2) is 0 Å². The minimum absolute atomic E-state index is 0. The molecule has 2 N–H and O–H groups in total. The molecule has 2 heterocycles. The molecule has 3 fully saturated rings. The summed E-state index contributed by atoms with van der Waals surface area (Å²) in [6.45, 7) is 3.91. The molecule has 2 amide bonds. The molecule has 0 radical (unpaired) electrons. The summed E-state index contributed by atoms with van der Waals surface area (Å²) >= 11 is 0. The van der Waals surface area contributed by atoms with Gasteiger partial charge in [-0.15, -0.1) is 12.4 Å². The van der Waals surface area contributed by atoms with Crippen LogP contribution in [-0.2, 0) is 4.79 Å². The van der Waals surface area contributed by atoms with Crippen molar-refractivity contribution in [1.82, 2.24) is 10.2 Å². The molecule has 3 aliphatic rings. The van der Waals surface area contributed by atoms with Crippen LogP contribution in [0.25, 0.3) is 0 Å². The number of piperidine rings is 2. The van der Waals surface area contributed by atoms with Crippen molar-refractivity contribution in [3.8, 4) is 0 Å². The van der Waals surface area contributed by atoms with Crippen molar-refractivity contribution in [3.63, 3.8) is 0 Å². The number of nitrogens with one attached hydrogen (secondary N) is 2. The number of hydrogen-bond acceptors (Lipinski definition) is 3. The first-order valence-corrected chi connectivity index (χ1v) is 9.56. The van der Waals surface area contributed by atoms with Crippen LogP contribution >= 0.6 is 12.4 Å². The highest BCUT2D eigenvalue weighted by atomic mass is 35.5. The molecule has 1 aliphatic carbocycles. The number of anilines is 1. The van der Waals surface area contributed by atoms with Crippen LogP contribution in [-0.4, -0.2) is 42.9 Å². The monoisotopic (exact) mass is 377 g/mol. The van der Waals surface area contributed by atoms with E-state index >= 15 is 0 Å². The summed E-state index contributed by atoms with van der Waals surface area (Å²) in [5.74, 6) is 0.337. The molecule has 2 saturated heterocycles. The van der Waals surface area contributed by atoms with Gasteiger partial charge in [0.2, 0.25) is 5.91 Å². The van der Waals surface area contributed by atoms with Gasteiger partial charge >= 0.3 is 0 Å². The summed E-state index contributed by atoms with van der Waals surface area (Å²) in [7, 11) is 0. The maximum Gasteiger partial charge on any atom is 0.253 e. The molecule has 2 aliphatic heterocycles. The molecule has 0 aromatic heterocycles. The number of carbonyl (C=O) groups is 2. The topological polar surface area (TPSA) is 61.4 Å². The van der Waals surface area contributed by atoms with Gasteiger partial charge in [-0.1, -0.05) is 6.07 Å². The number of carbonyl (C=O) groups excluding carboxylic acids is 2. The van der Waals surface area contributed by atoms with E-state index in [2.05, 4.69) is 10.6 Å².